The molecule has 0 unspecified atom stereocenters. The van der Waals surface area contributed by atoms with E-state index in [2.05, 4.69) is 45.0 Å². The summed E-state index contributed by atoms with van der Waals surface area (Å²) in [5.41, 5.74) is 10.3. The van der Waals surface area contributed by atoms with Gasteiger partial charge in [0.25, 0.3) is 0 Å². The number of likely N-dealkylation sites (N-methyl/N-ethyl adjacent to an activating group) is 1. The summed E-state index contributed by atoms with van der Waals surface area (Å²) in [7, 11) is 1.77. The molecule has 0 aliphatic carbocycles. The highest BCUT2D eigenvalue weighted by Crippen LogP contribution is 2.36. The maximum atomic E-state index is 14.1. The van der Waals surface area contributed by atoms with E-state index in [1.165, 1.54) is 10.5 Å². The fourth-order valence-corrected chi connectivity index (χ4v) is 10.2. The number of unbranched alkanes of at least 4 members (excludes halogenated alkanes) is 2. The SMILES string of the molecule is CC/C(=C(/c1ccc(O)cc1)c1ccc(OCCN(C)C(=O)CCc2cn(CCCCCC(=O)N[C@H](C(=O)N3C[C@H](O)C[C@H]3C(=O)N[C@@H](C)c3ccc(-c4scnc4C)cc3)C(C)(C)C)nn2)cc1)c1ccccc1. The number of allylic oxidation sites excluding steroid dienone is 1. The van der Waals surface area contributed by atoms with Crippen LogP contribution in [0.2, 0.25) is 0 Å². The topological polar surface area (TPSA) is 192 Å². The number of nitrogens with zero attached hydrogens (tertiary/aromatic N) is 6. The van der Waals surface area contributed by atoms with Crippen LogP contribution in [0.15, 0.2) is 115 Å². The molecule has 3 heterocycles. The van der Waals surface area contributed by atoms with Crippen molar-refractivity contribution in [1.29, 1.82) is 0 Å². The number of aryl methyl sites for hydroxylation is 3. The minimum absolute atomic E-state index is 0.00139. The number of aliphatic hydroxyl groups excluding tert-OH is 1. The number of ether oxygens (including phenoxy) is 1. The molecule has 15 nitrogen and oxygen atoms in total. The molecule has 4 N–H and O–H groups in total. The maximum Gasteiger partial charge on any atom is 0.246 e. The Morgan fingerprint density at radius 2 is 1.57 bits per heavy atom. The number of thiazole rings is 1. The smallest absolute Gasteiger partial charge is 0.246 e. The van der Waals surface area contributed by atoms with E-state index in [1.807, 2.05) is 125 Å². The maximum absolute atomic E-state index is 14.1. The third kappa shape index (κ3) is 15.0. The molecule has 16 heteroatoms. The van der Waals surface area contributed by atoms with Gasteiger partial charge in [0.2, 0.25) is 23.6 Å². The summed E-state index contributed by atoms with van der Waals surface area (Å²) >= 11 is 1.58. The fraction of sp³-hybridized carbons (Fsp3) is 0.407. The number of amides is 4. The molecular formula is C59H72N8O7S. The molecule has 1 saturated heterocycles. The van der Waals surface area contributed by atoms with Gasteiger partial charge < -0.3 is 35.4 Å². The van der Waals surface area contributed by atoms with Crippen LogP contribution in [-0.2, 0) is 32.1 Å². The van der Waals surface area contributed by atoms with E-state index in [9.17, 15) is 29.4 Å². The van der Waals surface area contributed by atoms with E-state index in [-0.39, 0.29) is 55.3 Å². The first-order valence-electron chi connectivity index (χ1n) is 26.0. The molecule has 0 bridgehead atoms. The summed E-state index contributed by atoms with van der Waals surface area (Å²) in [4.78, 5) is 62.7. The second kappa shape index (κ2) is 25.9. The number of phenols is 1. The first kappa shape index (κ1) is 55.6. The molecule has 1 fully saturated rings. The molecule has 4 aromatic carbocycles. The molecule has 1 aliphatic heterocycles. The fourth-order valence-electron chi connectivity index (χ4n) is 9.42. The summed E-state index contributed by atoms with van der Waals surface area (Å²) in [6, 6.07) is 31.4. The molecule has 75 heavy (non-hydrogen) atoms. The second-order valence-electron chi connectivity index (χ2n) is 20.5. The minimum atomic E-state index is -0.904. The quantitative estimate of drug-likeness (QED) is 0.0355. The van der Waals surface area contributed by atoms with Crippen molar-refractivity contribution in [2.24, 2.45) is 5.41 Å². The molecule has 7 rings (SSSR count). The summed E-state index contributed by atoms with van der Waals surface area (Å²) < 4.78 is 7.82. The number of benzene rings is 4. The van der Waals surface area contributed by atoms with E-state index in [4.69, 9.17) is 4.74 Å². The Hall–Kier alpha value is -7.17. The summed E-state index contributed by atoms with van der Waals surface area (Å²) in [6.07, 6.45) is 4.95. The van der Waals surface area contributed by atoms with E-state index in [0.29, 0.717) is 38.3 Å². The summed E-state index contributed by atoms with van der Waals surface area (Å²) in [6.45, 7) is 13.0. The lowest BCUT2D eigenvalue weighted by molar-refractivity contribution is -0.144. The van der Waals surface area contributed by atoms with Crippen molar-refractivity contribution in [3.05, 3.63) is 148 Å². The van der Waals surface area contributed by atoms with Crippen molar-refractivity contribution < 1.29 is 34.1 Å². The molecule has 2 aromatic heterocycles. The lowest BCUT2D eigenvalue weighted by Crippen LogP contribution is -2.57. The Kier molecular flexibility index (Phi) is 19.2. The van der Waals surface area contributed by atoms with Crippen LogP contribution in [0.4, 0.5) is 0 Å². The van der Waals surface area contributed by atoms with Crippen LogP contribution in [0.5, 0.6) is 11.5 Å². The molecule has 4 atom stereocenters. The number of carbonyl (C=O) groups excluding carboxylic acids is 4. The van der Waals surface area contributed by atoms with Crippen molar-refractivity contribution in [3.63, 3.8) is 0 Å². The van der Waals surface area contributed by atoms with Gasteiger partial charge in [-0.1, -0.05) is 118 Å². The Balaban J connectivity index is 0.809. The molecule has 0 radical (unpaired) electrons. The highest BCUT2D eigenvalue weighted by Gasteiger charge is 2.44. The molecule has 1 aliphatic rings. The highest BCUT2D eigenvalue weighted by molar-refractivity contribution is 7.13. The number of nitrogens with one attached hydrogen (secondary N) is 2. The number of aromatic hydroxyl groups is 1. The molecule has 0 saturated carbocycles. The average Bonchev–Trinajstić information content (AvgIpc) is 4.16. The molecule has 0 spiro atoms. The largest absolute Gasteiger partial charge is 0.508 e. The third-order valence-electron chi connectivity index (χ3n) is 13.7. The molecule has 396 valence electrons. The van der Waals surface area contributed by atoms with Gasteiger partial charge in [-0.2, -0.15) is 0 Å². The number of hydrogen-bond donors (Lipinski definition) is 4. The van der Waals surface area contributed by atoms with Crippen LogP contribution in [0, 0.1) is 12.3 Å². The zero-order valence-electron chi connectivity index (χ0n) is 44.3. The van der Waals surface area contributed by atoms with Crippen LogP contribution in [-0.4, -0.2) is 109 Å². The standard InChI is InChI=1S/C59H72N8O7S/c1-8-50(42-15-11-9-12-16-42)54(43-22-27-47(68)28-23-43)44-24-29-49(30-25-44)74-34-33-65(7)53(71)31-26-46-36-66(64-63-46)32-14-10-13-17-52(70)62-56(59(4,5)6)58(73)67-37-48(69)35-51(67)57(72)61-39(2)41-18-20-45(21-19-41)55-40(3)60-38-75-55/h9,11-12,15-16,18-25,27-30,36,38-39,48,51,56,68-69H,8,10,13-14,17,26,31-35,37H2,1-7H3,(H,61,72)(H,62,70)/b54-50+/t39-,48+,51-,56+/m0/s1. The predicted octanol–water partition coefficient (Wildman–Crippen LogP) is 9.19. The van der Waals surface area contributed by atoms with Crippen molar-refractivity contribution in [2.75, 3.05) is 26.7 Å². The van der Waals surface area contributed by atoms with Crippen LogP contribution in [0.1, 0.15) is 119 Å². The van der Waals surface area contributed by atoms with Gasteiger partial charge in [0.05, 0.1) is 40.5 Å². The van der Waals surface area contributed by atoms with Gasteiger partial charge in [0.1, 0.15) is 30.2 Å². The number of hydrogen-bond acceptors (Lipinski definition) is 11. The zero-order chi connectivity index (χ0) is 53.6. The van der Waals surface area contributed by atoms with Crippen LogP contribution in [0.3, 0.4) is 0 Å². The van der Waals surface area contributed by atoms with Crippen molar-refractivity contribution in [2.45, 2.75) is 124 Å². The Morgan fingerprint density at radius 3 is 2.23 bits per heavy atom. The molecular weight excluding hydrogens is 965 g/mol. The predicted molar refractivity (Wildman–Crippen MR) is 293 cm³/mol. The second-order valence-corrected chi connectivity index (χ2v) is 21.3. The summed E-state index contributed by atoms with van der Waals surface area (Å²) in [5, 5.41) is 35.2. The number of carbonyl (C=O) groups is 4. The molecule has 6 aromatic rings. The number of β-amino-alcohol motifs (C(OH)–C–C–N with tert-alkyl or cyclic N) is 1. The average molecular weight is 1040 g/mol. The Labute approximate surface area is 445 Å². The van der Waals surface area contributed by atoms with Crippen molar-refractivity contribution in [1.82, 2.24) is 40.4 Å². The first-order chi connectivity index (χ1) is 36.0. The van der Waals surface area contributed by atoms with E-state index < -0.39 is 29.5 Å². The lowest BCUT2D eigenvalue weighted by Gasteiger charge is -2.35. The van der Waals surface area contributed by atoms with Crippen LogP contribution < -0.4 is 15.4 Å². The van der Waals surface area contributed by atoms with Gasteiger partial charge in [-0.25, -0.2) is 4.98 Å². The minimum Gasteiger partial charge on any atom is -0.508 e. The van der Waals surface area contributed by atoms with Gasteiger partial charge in [0, 0.05) is 52.0 Å². The van der Waals surface area contributed by atoms with E-state index >= 15 is 0 Å². The Morgan fingerprint density at radius 1 is 0.880 bits per heavy atom. The van der Waals surface area contributed by atoms with Crippen molar-refractivity contribution in [3.8, 4) is 21.9 Å². The normalized spacial score (nSPS) is 15.7. The lowest BCUT2D eigenvalue weighted by atomic mass is 9.85. The van der Waals surface area contributed by atoms with Gasteiger partial charge in [-0.3, -0.25) is 23.9 Å². The van der Waals surface area contributed by atoms with Crippen LogP contribution >= 0.6 is 11.3 Å². The van der Waals surface area contributed by atoms with Gasteiger partial charge in [0.15, 0.2) is 0 Å². The highest BCUT2D eigenvalue weighted by atomic mass is 32.1. The number of phenolic OH excluding ortho intramolecular Hbond substituents is 1. The number of likely N-dealkylation sites (tertiary alicyclic amines) is 1. The van der Waals surface area contributed by atoms with E-state index in [1.54, 1.807) is 40.1 Å². The van der Waals surface area contributed by atoms with Gasteiger partial charge in [-0.15, -0.1) is 16.4 Å². The zero-order valence-corrected chi connectivity index (χ0v) is 45.1. The van der Waals surface area contributed by atoms with Gasteiger partial charge >= 0.3 is 0 Å². The number of aliphatic hydroxyl groups is 1. The number of rotatable bonds is 23. The van der Waals surface area contributed by atoms with Crippen LogP contribution in [0.25, 0.3) is 21.6 Å². The number of aromatic nitrogens is 4. The monoisotopic (exact) mass is 1040 g/mol. The summed E-state index contributed by atoms with van der Waals surface area (Å²) in [5.74, 6) is -0.114. The van der Waals surface area contributed by atoms with Crippen molar-refractivity contribution >= 4 is 46.1 Å². The van der Waals surface area contributed by atoms with E-state index in [0.717, 1.165) is 68.9 Å². The third-order valence-corrected chi connectivity index (χ3v) is 14.7. The Bertz CT molecular complexity index is 2880. The van der Waals surface area contributed by atoms with Gasteiger partial charge in [-0.05, 0) is 102 Å². The first-order valence-corrected chi connectivity index (χ1v) is 26.9. The molecule has 4 amide bonds.